The fourth-order valence-electron chi connectivity index (χ4n) is 3.26. The van der Waals surface area contributed by atoms with Gasteiger partial charge >= 0.3 is 0 Å². The molecule has 0 radical (unpaired) electrons. The summed E-state index contributed by atoms with van der Waals surface area (Å²) in [6.07, 6.45) is 1.89. The van der Waals surface area contributed by atoms with E-state index in [1.165, 1.54) is 5.56 Å². The normalized spacial score (nSPS) is 11.7. The van der Waals surface area contributed by atoms with Crippen LogP contribution in [0.3, 0.4) is 0 Å². The number of amides is 2. The highest BCUT2D eigenvalue weighted by atomic mass is 16.5. The van der Waals surface area contributed by atoms with E-state index in [2.05, 4.69) is 26.1 Å². The monoisotopic (exact) mass is 440 g/mol. The number of ether oxygens (including phenoxy) is 2. The van der Waals surface area contributed by atoms with Gasteiger partial charge in [0.05, 0.1) is 7.11 Å². The summed E-state index contributed by atoms with van der Waals surface area (Å²) in [6.45, 7) is 8.81. The molecule has 1 unspecified atom stereocenters. The molecule has 6 heteroatoms. The van der Waals surface area contributed by atoms with Crippen LogP contribution in [0.15, 0.2) is 48.5 Å². The van der Waals surface area contributed by atoms with Crippen LogP contribution in [0.25, 0.3) is 0 Å². The lowest BCUT2D eigenvalue weighted by molar-refractivity contribution is -0.142. The van der Waals surface area contributed by atoms with Gasteiger partial charge in [-0.25, -0.2) is 0 Å². The number of rotatable bonds is 12. The van der Waals surface area contributed by atoms with E-state index in [9.17, 15) is 9.59 Å². The Morgan fingerprint density at radius 3 is 2.38 bits per heavy atom. The Balaban J connectivity index is 2.12. The van der Waals surface area contributed by atoms with Gasteiger partial charge in [0.2, 0.25) is 5.91 Å². The number of hydrogen-bond acceptors (Lipinski definition) is 4. The molecule has 0 bridgehead atoms. The van der Waals surface area contributed by atoms with Gasteiger partial charge < -0.3 is 19.7 Å². The number of nitrogens with one attached hydrogen (secondary N) is 1. The van der Waals surface area contributed by atoms with E-state index < -0.39 is 6.04 Å². The zero-order valence-electron chi connectivity index (χ0n) is 19.9. The van der Waals surface area contributed by atoms with Gasteiger partial charge in [-0.1, -0.05) is 51.5 Å². The molecule has 2 amide bonds. The Morgan fingerprint density at radius 1 is 1.03 bits per heavy atom. The van der Waals surface area contributed by atoms with Gasteiger partial charge in [-0.3, -0.25) is 9.59 Å². The highest BCUT2D eigenvalue weighted by Gasteiger charge is 2.26. The molecular formula is C26H36N2O4. The van der Waals surface area contributed by atoms with E-state index in [1.807, 2.05) is 48.5 Å². The number of nitrogens with zero attached hydrogens (tertiary/aromatic N) is 1. The summed E-state index contributed by atoms with van der Waals surface area (Å²) < 4.78 is 11.0. The summed E-state index contributed by atoms with van der Waals surface area (Å²) in [4.78, 5) is 27.4. The summed E-state index contributed by atoms with van der Waals surface area (Å²) >= 11 is 0. The molecule has 1 atom stereocenters. The van der Waals surface area contributed by atoms with Gasteiger partial charge in [0.25, 0.3) is 5.91 Å². The van der Waals surface area contributed by atoms with Crippen LogP contribution in [0.5, 0.6) is 11.5 Å². The molecule has 32 heavy (non-hydrogen) atoms. The van der Waals surface area contributed by atoms with E-state index in [-0.39, 0.29) is 25.0 Å². The SMILES string of the molecule is CCCCNC(=O)C(C)N(Cc1cccc(OC)c1)C(=O)COc1ccc(C(C)C)cc1. The highest BCUT2D eigenvalue weighted by Crippen LogP contribution is 2.19. The molecule has 0 aliphatic rings. The van der Waals surface area contributed by atoms with Crippen molar-refractivity contribution < 1.29 is 19.1 Å². The highest BCUT2D eigenvalue weighted by molar-refractivity contribution is 5.87. The van der Waals surface area contributed by atoms with Crippen molar-refractivity contribution in [2.24, 2.45) is 0 Å². The van der Waals surface area contributed by atoms with E-state index >= 15 is 0 Å². The zero-order chi connectivity index (χ0) is 23.5. The summed E-state index contributed by atoms with van der Waals surface area (Å²) in [5.41, 5.74) is 2.09. The Kier molecular flexibility index (Phi) is 10.1. The quantitative estimate of drug-likeness (QED) is 0.493. The van der Waals surface area contributed by atoms with Crippen molar-refractivity contribution in [1.29, 1.82) is 0 Å². The Bertz CT molecular complexity index is 864. The predicted molar refractivity (Wildman–Crippen MR) is 127 cm³/mol. The predicted octanol–water partition coefficient (Wildman–Crippen LogP) is 4.53. The molecule has 2 aromatic rings. The fraction of sp³-hybridized carbons (Fsp3) is 0.462. The van der Waals surface area contributed by atoms with Crippen molar-refractivity contribution in [1.82, 2.24) is 10.2 Å². The second-order valence-corrected chi connectivity index (χ2v) is 8.21. The summed E-state index contributed by atoms with van der Waals surface area (Å²) in [6, 6.07) is 14.6. The Morgan fingerprint density at radius 2 is 1.75 bits per heavy atom. The molecule has 2 rings (SSSR count). The number of methoxy groups -OCH3 is 1. The van der Waals surface area contributed by atoms with Crippen molar-refractivity contribution in [3.8, 4) is 11.5 Å². The molecule has 0 aromatic heterocycles. The summed E-state index contributed by atoms with van der Waals surface area (Å²) in [5.74, 6) is 1.34. The molecule has 0 aliphatic carbocycles. The molecule has 174 valence electrons. The standard InChI is InChI=1S/C26H36N2O4/c1-6-7-15-27-26(30)20(4)28(17-21-9-8-10-24(16-21)31-5)25(29)18-32-23-13-11-22(12-14-23)19(2)3/h8-14,16,19-20H,6-7,15,17-18H2,1-5H3,(H,27,30). The maximum absolute atomic E-state index is 13.1. The van der Waals surface area contributed by atoms with Crippen LogP contribution in [0, 0.1) is 0 Å². The van der Waals surface area contributed by atoms with E-state index in [0.29, 0.717) is 24.0 Å². The van der Waals surface area contributed by atoms with Gasteiger partial charge in [0.15, 0.2) is 6.61 Å². The second-order valence-electron chi connectivity index (χ2n) is 8.21. The topological polar surface area (TPSA) is 67.9 Å². The lowest BCUT2D eigenvalue weighted by Gasteiger charge is -2.29. The molecule has 0 saturated heterocycles. The van der Waals surface area contributed by atoms with Crippen LogP contribution >= 0.6 is 0 Å². The van der Waals surface area contributed by atoms with Crippen LogP contribution in [0.4, 0.5) is 0 Å². The van der Waals surface area contributed by atoms with Crippen molar-refractivity contribution in [2.45, 2.75) is 59.0 Å². The molecule has 0 heterocycles. The first-order valence-electron chi connectivity index (χ1n) is 11.3. The minimum Gasteiger partial charge on any atom is -0.497 e. The lowest BCUT2D eigenvalue weighted by atomic mass is 10.0. The number of carbonyl (C=O) groups is 2. The average Bonchev–Trinajstić information content (AvgIpc) is 2.81. The Labute approximate surface area is 191 Å². The lowest BCUT2D eigenvalue weighted by Crippen LogP contribution is -2.49. The third kappa shape index (κ3) is 7.59. The minimum absolute atomic E-state index is 0.141. The van der Waals surface area contributed by atoms with E-state index in [4.69, 9.17) is 9.47 Å². The first kappa shape index (κ1) is 25.2. The molecule has 1 N–H and O–H groups in total. The zero-order valence-corrected chi connectivity index (χ0v) is 19.9. The van der Waals surface area contributed by atoms with Crippen molar-refractivity contribution in [3.63, 3.8) is 0 Å². The van der Waals surface area contributed by atoms with Crippen LogP contribution in [-0.2, 0) is 16.1 Å². The Hall–Kier alpha value is -3.02. The van der Waals surface area contributed by atoms with Crippen LogP contribution in [0.1, 0.15) is 57.6 Å². The average molecular weight is 441 g/mol. The summed E-state index contributed by atoms with van der Waals surface area (Å²) in [7, 11) is 1.60. The summed E-state index contributed by atoms with van der Waals surface area (Å²) in [5, 5.41) is 2.92. The largest absolute Gasteiger partial charge is 0.497 e. The maximum atomic E-state index is 13.1. The fourth-order valence-corrected chi connectivity index (χ4v) is 3.26. The van der Waals surface area contributed by atoms with Crippen LogP contribution in [-0.4, -0.2) is 43.0 Å². The number of benzene rings is 2. The van der Waals surface area contributed by atoms with Crippen LogP contribution < -0.4 is 14.8 Å². The van der Waals surface area contributed by atoms with Gasteiger partial charge in [0.1, 0.15) is 17.5 Å². The number of hydrogen-bond donors (Lipinski definition) is 1. The van der Waals surface area contributed by atoms with Crippen molar-refractivity contribution >= 4 is 11.8 Å². The second kappa shape index (κ2) is 12.7. The third-order valence-corrected chi connectivity index (χ3v) is 5.39. The smallest absolute Gasteiger partial charge is 0.261 e. The maximum Gasteiger partial charge on any atom is 0.261 e. The van der Waals surface area contributed by atoms with Gasteiger partial charge in [-0.15, -0.1) is 0 Å². The molecule has 0 spiro atoms. The van der Waals surface area contributed by atoms with Crippen molar-refractivity contribution in [2.75, 3.05) is 20.3 Å². The molecule has 0 aliphatic heterocycles. The number of unbranched alkanes of at least 4 members (excludes halogenated alkanes) is 1. The molecule has 0 saturated carbocycles. The van der Waals surface area contributed by atoms with Crippen LogP contribution in [0.2, 0.25) is 0 Å². The first-order valence-corrected chi connectivity index (χ1v) is 11.3. The molecular weight excluding hydrogens is 404 g/mol. The molecule has 0 fully saturated rings. The molecule has 2 aromatic carbocycles. The minimum atomic E-state index is -0.627. The third-order valence-electron chi connectivity index (χ3n) is 5.39. The first-order chi connectivity index (χ1) is 15.3. The molecule has 6 nitrogen and oxygen atoms in total. The van der Waals surface area contributed by atoms with E-state index in [0.717, 1.165) is 18.4 Å². The number of carbonyl (C=O) groups excluding carboxylic acids is 2. The van der Waals surface area contributed by atoms with Crippen molar-refractivity contribution in [3.05, 3.63) is 59.7 Å². The van der Waals surface area contributed by atoms with Gasteiger partial charge in [-0.2, -0.15) is 0 Å². The van der Waals surface area contributed by atoms with E-state index in [1.54, 1.807) is 18.9 Å². The van der Waals surface area contributed by atoms with Gasteiger partial charge in [-0.05, 0) is 54.7 Å². The van der Waals surface area contributed by atoms with Gasteiger partial charge in [0, 0.05) is 13.1 Å².